The summed E-state index contributed by atoms with van der Waals surface area (Å²) in [5.41, 5.74) is 7.07. The highest BCUT2D eigenvalue weighted by Crippen LogP contribution is 2.18. The molecule has 2 N–H and O–H groups in total. The molecule has 0 atom stereocenters. The number of nitrogens with zero attached hydrogens (tertiary/aromatic N) is 2. The first kappa shape index (κ1) is 10.8. The lowest BCUT2D eigenvalue weighted by Gasteiger charge is -2.01. The molecule has 2 rings (SSSR count). The van der Waals surface area contributed by atoms with Crippen molar-refractivity contribution in [2.45, 2.75) is 6.42 Å². The van der Waals surface area contributed by atoms with E-state index in [-0.39, 0.29) is 12.2 Å². The topological polar surface area (TPSA) is 60.9 Å². The lowest BCUT2D eigenvalue weighted by Crippen LogP contribution is -2.11. The third-order valence-corrected chi connectivity index (χ3v) is 2.52. The molecule has 0 amide bonds. The van der Waals surface area contributed by atoms with E-state index in [1.807, 2.05) is 0 Å². The van der Waals surface area contributed by atoms with Gasteiger partial charge in [0.1, 0.15) is 5.82 Å². The fraction of sp³-hybridized carbons (Fsp3) is 0.273. The molecule has 5 heteroatoms. The van der Waals surface area contributed by atoms with Gasteiger partial charge < -0.3 is 10.3 Å². The summed E-state index contributed by atoms with van der Waals surface area (Å²) in [7, 11) is 1.72. The minimum absolute atomic E-state index is 0.0524. The fourth-order valence-corrected chi connectivity index (χ4v) is 1.70. The molecular weight excluding hydrogens is 209 g/mol. The van der Waals surface area contributed by atoms with Crippen LogP contribution in [-0.4, -0.2) is 21.9 Å². The van der Waals surface area contributed by atoms with Crippen molar-refractivity contribution < 1.29 is 9.18 Å². The molecule has 2 heterocycles. The molecular formula is C11H12FN3O. The summed E-state index contributed by atoms with van der Waals surface area (Å²) < 4.78 is 14.6. The number of aromatic nitrogens is 2. The van der Waals surface area contributed by atoms with Crippen molar-refractivity contribution in [1.29, 1.82) is 0 Å². The van der Waals surface area contributed by atoms with Crippen LogP contribution in [0.25, 0.3) is 11.0 Å². The molecule has 0 saturated carbocycles. The quantitative estimate of drug-likeness (QED) is 0.793. The van der Waals surface area contributed by atoms with Gasteiger partial charge in [0, 0.05) is 19.5 Å². The van der Waals surface area contributed by atoms with E-state index in [0.717, 1.165) is 6.20 Å². The predicted octanol–water partition coefficient (Wildman–Crippen LogP) is 1.24. The Bertz CT molecular complexity index is 547. The van der Waals surface area contributed by atoms with Crippen LogP contribution in [0.15, 0.2) is 18.3 Å². The normalized spacial score (nSPS) is 10.9. The Hall–Kier alpha value is -1.75. The van der Waals surface area contributed by atoms with E-state index < -0.39 is 5.82 Å². The summed E-state index contributed by atoms with van der Waals surface area (Å²) in [5.74, 6) is -0.463. The number of hydrogen-bond acceptors (Lipinski definition) is 3. The Labute approximate surface area is 91.9 Å². The monoisotopic (exact) mass is 221 g/mol. The smallest absolute Gasteiger partial charge is 0.180 e. The van der Waals surface area contributed by atoms with Crippen LogP contribution in [0.3, 0.4) is 0 Å². The van der Waals surface area contributed by atoms with Crippen LogP contribution in [0.2, 0.25) is 0 Å². The molecule has 84 valence electrons. The van der Waals surface area contributed by atoms with Crippen molar-refractivity contribution in [3.05, 3.63) is 29.8 Å². The SMILES string of the molecule is Cn1c(C(=O)CCN)cc2ncc(F)cc21. The molecule has 0 aliphatic rings. The van der Waals surface area contributed by atoms with E-state index in [1.54, 1.807) is 17.7 Å². The number of hydrogen-bond donors (Lipinski definition) is 1. The molecule has 4 nitrogen and oxygen atoms in total. The molecule has 0 aliphatic carbocycles. The van der Waals surface area contributed by atoms with Crippen molar-refractivity contribution >= 4 is 16.8 Å². The molecule has 0 saturated heterocycles. The Kier molecular flexibility index (Phi) is 2.70. The second-order valence-corrected chi connectivity index (χ2v) is 3.61. The van der Waals surface area contributed by atoms with Gasteiger partial charge in [0.25, 0.3) is 0 Å². The first-order valence-electron chi connectivity index (χ1n) is 4.97. The largest absolute Gasteiger partial charge is 0.340 e. The zero-order chi connectivity index (χ0) is 11.7. The van der Waals surface area contributed by atoms with Gasteiger partial charge >= 0.3 is 0 Å². The zero-order valence-electron chi connectivity index (χ0n) is 8.90. The number of carbonyl (C=O) groups excluding carboxylic acids is 1. The number of aryl methyl sites for hydroxylation is 1. The van der Waals surface area contributed by atoms with Gasteiger partial charge in [-0.3, -0.25) is 9.78 Å². The van der Waals surface area contributed by atoms with Gasteiger partial charge in [-0.2, -0.15) is 0 Å². The summed E-state index contributed by atoms with van der Waals surface area (Å²) in [6, 6.07) is 3.02. The van der Waals surface area contributed by atoms with Crippen molar-refractivity contribution in [3.63, 3.8) is 0 Å². The number of ketones is 1. The number of fused-ring (bicyclic) bond motifs is 1. The Morgan fingerprint density at radius 3 is 3.00 bits per heavy atom. The number of pyridine rings is 1. The Morgan fingerprint density at radius 2 is 2.31 bits per heavy atom. The maximum absolute atomic E-state index is 13.0. The van der Waals surface area contributed by atoms with Crippen LogP contribution < -0.4 is 5.73 Å². The first-order valence-corrected chi connectivity index (χ1v) is 4.97. The maximum atomic E-state index is 13.0. The maximum Gasteiger partial charge on any atom is 0.180 e. The van der Waals surface area contributed by atoms with Crippen LogP contribution in [0.4, 0.5) is 4.39 Å². The lowest BCUT2D eigenvalue weighted by molar-refractivity contribution is 0.0978. The highest BCUT2D eigenvalue weighted by Gasteiger charge is 2.13. The van der Waals surface area contributed by atoms with E-state index in [4.69, 9.17) is 5.73 Å². The minimum Gasteiger partial charge on any atom is -0.340 e. The van der Waals surface area contributed by atoms with E-state index in [1.165, 1.54) is 6.07 Å². The second-order valence-electron chi connectivity index (χ2n) is 3.61. The average Bonchev–Trinajstić information content (AvgIpc) is 2.57. The molecule has 0 radical (unpaired) electrons. The standard InChI is InChI=1S/C11H12FN3O/c1-15-9-4-7(12)6-14-8(9)5-10(15)11(16)2-3-13/h4-6H,2-3,13H2,1H3. The van der Waals surface area contributed by atoms with Gasteiger partial charge in [0.15, 0.2) is 5.78 Å². The summed E-state index contributed by atoms with van der Waals surface area (Å²) >= 11 is 0. The molecule has 0 bridgehead atoms. The van der Waals surface area contributed by atoms with Crippen molar-refractivity contribution in [2.24, 2.45) is 12.8 Å². The van der Waals surface area contributed by atoms with Crippen LogP contribution in [0, 0.1) is 5.82 Å². The number of rotatable bonds is 3. The predicted molar refractivity (Wildman–Crippen MR) is 58.7 cm³/mol. The Balaban J connectivity index is 2.56. The van der Waals surface area contributed by atoms with Gasteiger partial charge in [0.2, 0.25) is 0 Å². The van der Waals surface area contributed by atoms with Gasteiger partial charge in [-0.15, -0.1) is 0 Å². The number of Topliss-reactive ketones (excluding diaryl/α,β-unsaturated/α-hetero) is 1. The van der Waals surface area contributed by atoms with E-state index in [0.29, 0.717) is 23.3 Å². The van der Waals surface area contributed by atoms with Gasteiger partial charge in [-0.25, -0.2) is 4.39 Å². The van der Waals surface area contributed by atoms with Crippen molar-refractivity contribution in [2.75, 3.05) is 6.54 Å². The number of carbonyl (C=O) groups is 1. The second kappa shape index (κ2) is 4.02. The molecule has 0 fully saturated rings. The highest BCUT2D eigenvalue weighted by atomic mass is 19.1. The first-order chi connectivity index (χ1) is 7.63. The van der Waals surface area contributed by atoms with Gasteiger partial charge in [-0.05, 0) is 12.6 Å². The number of nitrogens with two attached hydrogens (primary N) is 1. The Morgan fingerprint density at radius 1 is 1.56 bits per heavy atom. The lowest BCUT2D eigenvalue weighted by atomic mass is 10.2. The summed E-state index contributed by atoms with van der Waals surface area (Å²) in [4.78, 5) is 15.6. The molecule has 2 aromatic rings. The molecule has 0 spiro atoms. The van der Waals surface area contributed by atoms with Crippen LogP contribution in [0.5, 0.6) is 0 Å². The third-order valence-electron chi connectivity index (χ3n) is 2.52. The molecule has 16 heavy (non-hydrogen) atoms. The molecule has 0 aliphatic heterocycles. The third kappa shape index (κ3) is 1.69. The summed E-state index contributed by atoms with van der Waals surface area (Å²) in [6.45, 7) is 0.308. The van der Waals surface area contributed by atoms with Crippen LogP contribution in [-0.2, 0) is 7.05 Å². The van der Waals surface area contributed by atoms with Crippen LogP contribution in [0.1, 0.15) is 16.9 Å². The minimum atomic E-state index is -0.411. The molecule has 2 aromatic heterocycles. The van der Waals surface area contributed by atoms with Gasteiger partial charge in [0.05, 0.1) is 22.9 Å². The van der Waals surface area contributed by atoms with Gasteiger partial charge in [-0.1, -0.05) is 0 Å². The average molecular weight is 221 g/mol. The zero-order valence-corrected chi connectivity index (χ0v) is 8.90. The number of halogens is 1. The van der Waals surface area contributed by atoms with E-state index >= 15 is 0 Å². The summed E-state index contributed by atoms with van der Waals surface area (Å²) in [6.07, 6.45) is 1.42. The summed E-state index contributed by atoms with van der Waals surface area (Å²) in [5, 5.41) is 0. The van der Waals surface area contributed by atoms with Crippen molar-refractivity contribution in [3.8, 4) is 0 Å². The van der Waals surface area contributed by atoms with E-state index in [9.17, 15) is 9.18 Å². The molecule has 0 aromatic carbocycles. The van der Waals surface area contributed by atoms with Crippen molar-refractivity contribution in [1.82, 2.24) is 9.55 Å². The fourth-order valence-electron chi connectivity index (χ4n) is 1.70. The molecule has 0 unspecified atom stereocenters. The van der Waals surface area contributed by atoms with E-state index in [2.05, 4.69) is 4.98 Å². The highest BCUT2D eigenvalue weighted by molar-refractivity contribution is 5.99. The van der Waals surface area contributed by atoms with Crippen LogP contribution >= 0.6 is 0 Å².